The molecule has 0 radical (unpaired) electrons. The SMILES string of the molecule is COc1ccccc1N1C(=O)CS[C@@H]1c1ccccc1NC(=O)c1ccc(Cl)cc1Cl. The van der Waals surface area contributed by atoms with E-state index in [1.807, 2.05) is 42.5 Å². The van der Waals surface area contributed by atoms with Crippen molar-refractivity contribution in [1.29, 1.82) is 0 Å². The molecule has 1 heterocycles. The molecule has 0 unspecified atom stereocenters. The first kappa shape index (κ1) is 21.6. The van der Waals surface area contributed by atoms with Crippen molar-refractivity contribution in [3.05, 3.63) is 87.9 Å². The molecule has 0 saturated carbocycles. The highest BCUT2D eigenvalue weighted by Gasteiger charge is 2.36. The molecule has 3 aromatic rings. The average molecular weight is 473 g/mol. The van der Waals surface area contributed by atoms with Crippen molar-refractivity contribution in [3.8, 4) is 5.75 Å². The van der Waals surface area contributed by atoms with Gasteiger partial charge in [-0.05, 0) is 36.4 Å². The molecule has 1 saturated heterocycles. The molecule has 5 nitrogen and oxygen atoms in total. The summed E-state index contributed by atoms with van der Waals surface area (Å²) in [6.07, 6.45) is 0. The largest absolute Gasteiger partial charge is 0.495 e. The summed E-state index contributed by atoms with van der Waals surface area (Å²) in [5, 5.41) is 3.33. The van der Waals surface area contributed by atoms with Gasteiger partial charge < -0.3 is 10.1 Å². The topological polar surface area (TPSA) is 58.6 Å². The van der Waals surface area contributed by atoms with E-state index in [1.54, 1.807) is 30.2 Å². The molecule has 1 fully saturated rings. The Bertz CT molecular complexity index is 1160. The second-order valence-corrected chi connectivity index (χ2v) is 8.68. The van der Waals surface area contributed by atoms with Gasteiger partial charge in [-0.15, -0.1) is 11.8 Å². The summed E-state index contributed by atoms with van der Waals surface area (Å²) < 4.78 is 5.47. The van der Waals surface area contributed by atoms with Gasteiger partial charge in [-0.3, -0.25) is 14.5 Å². The highest BCUT2D eigenvalue weighted by atomic mass is 35.5. The van der Waals surface area contributed by atoms with Gasteiger partial charge in [0, 0.05) is 16.3 Å². The Labute approximate surface area is 194 Å². The molecule has 0 aliphatic carbocycles. The summed E-state index contributed by atoms with van der Waals surface area (Å²) in [5.41, 5.74) is 2.41. The predicted molar refractivity (Wildman–Crippen MR) is 127 cm³/mol. The molecule has 31 heavy (non-hydrogen) atoms. The second kappa shape index (κ2) is 9.22. The summed E-state index contributed by atoms with van der Waals surface area (Å²) in [5.74, 6) is 0.556. The number of thioether (sulfide) groups is 1. The highest BCUT2D eigenvalue weighted by molar-refractivity contribution is 8.00. The van der Waals surface area contributed by atoms with E-state index in [2.05, 4.69) is 5.32 Å². The minimum atomic E-state index is -0.354. The smallest absolute Gasteiger partial charge is 0.257 e. The Morgan fingerprint density at radius 1 is 1.10 bits per heavy atom. The maximum absolute atomic E-state index is 12.9. The number of anilines is 2. The van der Waals surface area contributed by atoms with Crippen molar-refractivity contribution < 1.29 is 14.3 Å². The monoisotopic (exact) mass is 472 g/mol. The Morgan fingerprint density at radius 2 is 1.84 bits per heavy atom. The number of amides is 2. The number of rotatable bonds is 5. The first-order valence-electron chi connectivity index (χ1n) is 9.41. The van der Waals surface area contributed by atoms with E-state index in [0.29, 0.717) is 33.5 Å². The maximum Gasteiger partial charge on any atom is 0.257 e. The predicted octanol–water partition coefficient (Wildman–Crippen LogP) is 6.03. The van der Waals surface area contributed by atoms with Crippen LogP contribution in [-0.4, -0.2) is 24.7 Å². The second-order valence-electron chi connectivity index (χ2n) is 6.76. The number of ether oxygens (including phenoxy) is 1. The fraction of sp³-hybridized carbons (Fsp3) is 0.130. The number of carbonyl (C=O) groups excluding carboxylic acids is 2. The molecule has 0 spiro atoms. The van der Waals surface area contributed by atoms with Gasteiger partial charge in [0.05, 0.1) is 29.1 Å². The van der Waals surface area contributed by atoms with Crippen LogP contribution in [0.5, 0.6) is 5.75 Å². The van der Waals surface area contributed by atoms with Crippen molar-refractivity contribution >= 4 is 58.2 Å². The minimum Gasteiger partial charge on any atom is -0.495 e. The van der Waals surface area contributed by atoms with Crippen molar-refractivity contribution in [3.63, 3.8) is 0 Å². The van der Waals surface area contributed by atoms with Crippen molar-refractivity contribution in [1.82, 2.24) is 0 Å². The third-order valence-electron chi connectivity index (χ3n) is 4.86. The van der Waals surface area contributed by atoms with Crippen molar-refractivity contribution in [2.75, 3.05) is 23.1 Å². The van der Waals surface area contributed by atoms with Gasteiger partial charge in [-0.2, -0.15) is 0 Å². The van der Waals surface area contributed by atoms with Crippen molar-refractivity contribution in [2.45, 2.75) is 5.37 Å². The van der Waals surface area contributed by atoms with Crippen LogP contribution in [0.4, 0.5) is 11.4 Å². The van der Waals surface area contributed by atoms with Crippen LogP contribution in [0.25, 0.3) is 0 Å². The van der Waals surface area contributed by atoms with E-state index in [0.717, 1.165) is 5.56 Å². The molecular weight excluding hydrogens is 455 g/mol. The van der Waals surface area contributed by atoms with E-state index in [4.69, 9.17) is 27.9 Å². The van der Waals surface area contributed by atoms with E-state index in [1.165, 1.54) is 17.8 Å². The van der Waals surface area contributed by atoms with E-state index in [-0.39, 0.29) is 22.2 Å². The summed E-state index contributed by atoms with van der Waals surface area (Å²) in [6.45, 7) is 0. The van der Waals surface area contributed by atoms with Crippen LogP contribution in [0.3, 0.4) is 0 Å². The zero-order valence-electron chi connectivity index (χ0n) is 16.5. The van der Waals surface area contributed by atoms with Gasteiger partial charge in [-0.1, -0.05) is 53.5 Å². The van der Waals surface area contributed by atoms with Gasteiger partial charge in [0.1, 0.15) is 11.1 Å². The Hall–Kier alpha value is -2.67. The summed E-state index contributed by atoms with van der Waals surface area (Å²) in [6, 6.07) is 19.5. The average Bonchev–Trinajstić information content (AvgIpc) is 3.15. The number of carbonyl (C=O) groups is 2. The molecular formula is C23H18Cl2N2O3S. The molecule has 0 aromatic heterocycles. The van der Waals surface area contributed by atoms with Gasteiger partial charge in [0.2, 0.25) is 5.91 Å². The van der Waals surface area contributed by atoms with E-state index in [9.17, 15) is 9.59 Å². The number of benzene rings is 3. The molecule has 158 valence electrons. The number of nitrogens with zero attached hydrogens (tertiary/aromatic N) is 1. The minimum absolute atomic E-state index is 0.0265. The molecule has 1 N–H and O–H groups in total. The molecule has 0 bridgehead atoms. The molecule has 1 aliphatic rings. The molecule has 3 aromatic carbocycles. The lowest BCUT2D eigenvalue weighted by molar-refractivity contribution is -0.115. The lowest BCUT2D eigenvalue weighted by atomic mass is 10.1. The van der Waals surface area contributed by atoms with E-state index < -0.39 is 0 Å². The zero-order valence-corrected chi connectivity index (χ0v) is 18.8. The van der Waals surface area contributed by atoms with Crippen molar-refractivity contribution in [2.24, 2.45) is 0 Å². The van der Waals surface area contributed by atoms with Crippen LogP contribution in [0, 0.1) is 0 Å². The molecule has 1 aliphatic heterocycles. The third kappa shape index (κ3) is 4.37. The standard InChI is InChI=1S/C23H18Cl2N2O3S/c1-30-20-9-5-4-8-19(20)27-21(28)13-31-23(27)16-6-2-3-7-18(16)26-22(29)15-11-10-14(24)12-17(15)25/h2-12,23H,13H2,1H3,(H,26,29)/t23-/m1/s1. The first-order chi connectivity index (χ1) is 15.0. The fourth-order valence-electron chi connectivity index (χ4n) is 3.43. The number of methoxy groups -OCH3 is 1. The summed E-state index contributed by atoms with van der Waals surface area (Å²) in [7, 11) is 1.57. The van der Waals surface area contributed by atoms with Crippen LogP contribution in [0.2, 0.25) is 10.0 Å². The lowest BCUT2D eigenvalue weighted by Crippen LogP contribution is -2.29. The third-order valence-corrected chi connectivity index (χ3v) is 6.61. The highest BCUT2D eigenvalue weighted by Crippen LogP contribution is 2.46. The van der Waals surface area contributed by atoms with Crippen LogP contribution in [0.1, 0.15) is 21.3 Å². The Morgan fingerprint density at radius 3 is 2.61 bits per heavy atom. The Kier molecular flexibility index (Phi) is 6.41. The van der Waals surface area contributed by atoms with Gasteiger partial charge in [0.25, 0.3) is 5.91 Å². The summed E-state index contributed by atoms with van der Waals surface area (Å²) >= 11 is 13.6. The lowest BCUT2D eigenvalue weighted by Gasteiger charge is -2.27. The number of hydrogen-bond acceptors (Lipinski definition) is 4. The van der Waals surface area contributed by atoms with Crippen LogP contribution >= 0.6 is 35.0 Å². The maximum atomic E-state index is 12.9. The zero-order chi connectivity index (χ0) is 22.0. The Balaban J connectivity index is 1.69. The van der Waals surface area contributed by atoms with Gasteiger partial charge in [0.15, 0.2) is 0 Å². The molecule has 2 amide bonds. The van der Waals surface area contributed by atoms with Crippen LogP contribution in [-0.2, 0) is 4.79 Å². The molecule has 8 heteroatoms. The fourth-order valence-corrected chi connectivity index (χ4v) is 5.13. The van der Waals surface area contributed by atoms with Crippen LogP contribution in [0.15, 0.2) is 66.7 Å². The van der Waals surface area contributed by atoms with Gasteiger partial charge in [-0.25, -0.2) is 0 Å². The number of nitrogens with one attached hydrogen (secondary N) is 1. The van der Waals surface area contributed by atoms with E-state index >= 15 is 0 Å². The number of halogens is 2. The van der Waals surface area contributed by atoms with Crippen LogP contribution < -0.4 is 15.0 Å². The quantitative estimate of drug-likeness (QED) is 0.492. The number of hydrogen-bond donors (Lipinski definition) is 1. The number of para-hydroxylation sites is 3. The molecule has 1 atom stereocenters. The summed E-state index contributed by atoms with van der Waals surface area (Å²) in [4.78, 5) is 27.4. The van der Waals surface area contributed by atoms with Gasteiger partial charge >= 0.3 is 0 Å². The normalized spacial score (nSPS) is 15.8. The molecule has 4 rings (SSSR count). The first-order valence-corrected chi connectivity index (χ1v) is 11.2.